The highest BCUT2D eigenvalue weighted by Gasteiger charge is 2.29. The molecule has 2 rings (SSSR count). The number of ether oxygens (including phenoxy) is 2. The molecule has 0 bridgehead atoms. The molecule has 4 heteroatoms. The number of hydrogen-bond donors (Lipinski definition) is 0. The van der Waals surface area contributed by atoms with Crippen LogP contribution in [0.4, 0.5) is 0 Å². The molecule has 0 aliphatic carbocycles. The van der Waals surface area contributed by atoms with Gasteiger partial charge in [0, 0.05) is 26.6 Å². The van der Waals surface area contributed by atoms with Crippen LogP contribution in [0.3, 0.4) is 0 Å². The Morgan fingerprint density at radius 2 is 2.10 bits per heavy atom. The van der Waals surface area contributed by atoms with Crippen LogP contribution in [0.25, 0.3) is 0 Å². The van der Waals surface area contributed by atoms with Crippen molar-refractivity contribution >= 4 is 5.91 Å². The molecule has 0 unspecified atom stereocenters. The number of amides is 1. The first-order chi connectivity index (χ1) is 10.1. The Kier molecular flexibility index (Phi) is 5.62. The third-order valence-corrected chi connectivity index (χ3v) is 3.70. The number of nitrogens with zero attached hydrogens (tertiary/aromatic N) is 1. The third kappa shape index (κ3) is 4.46. The predicted octanol–water partition coefficient (Wildman–Crippen LogP) is 2.51. The van der Waals surface area contributed by atoms with Gasteiger partial charge >= 0.3 is 0 Å². The molecule has 21 heavy (non-hydrogen) atoms. The number of benzene rings is 1. The van der Waals surface area contributed by atoms with Gasteiger partial charge in [-0.05, 0) is 37.8 Å². The Balaban J connectivity index is 1.98. The summed E-state index contributed by atoms with van der Waals surface area (Å²) in [5, 5.41) is 0. The number of para-hydroxylation sites is 1. The molecule has 0 saturated carbocycles. The van der Waals surface area contributed by atoms with E-state index in [1.165, 1.54) is 5.56 Å². The van der Waals surface area contributed by atoms with E-state index in [2.05, 4.69) is 6.07 Å². The zero-order valence-electron chi connectivity index (χ0n) is 13.2. The van der Waals surface area contributed by atoms with Gasteiger partial charge in [0.1, 0.15) is 5.75 Å². The van der Waals surface area contributed by atoms with Crippen molar-refractivity contribution < 1.29 is 14.3 Å². The average molecular weight is 291 g/mol. The van der Waals surface area contributed by atoms with Crippen LogP contribution in [0.15, 0.2) is 24.3 Å². The number of carbonyl (C=O) groups is 1. The number of methoxy groups -OCH3 is 1. The summed E-state index contributed by atoms with van der Waals surface area (Å²) in [5.41, 5.74) is 1.19. The fourth-order valence-corrected chi connectivity index (χ4v) is 2.76. The molecule has 1 atom stereocenters. The fourth-order valence-electron chi connectivity index (χ4n) is 2.76. The maximum atomic E-state index is 12.0. The minimum absolute atomic E-state index is 0.162. The highest BCUT2D eigenvalue weighted by Crippen LogP contribution is 2.27. The molecule has 0 spiro atoms. The minimum atomic E-state index is 0.162. The van der Waals surface area contributed by atoms with Gasteiger partial charge in [0.05, 0.1) is 12.7 Å². The van der Waals surface area contributed by atoms with Crippen LogP contribution in [-0.2, 0) is 16.0 Å². The summed E-state index contributed by atoms with van der Waals surface area (Å²) in [4.78, 5) is 13.9. The lowest BCUT2D eigenvalue weighted by Gasteiger charge is -2.18. The number of likely N-dealkylation sites (tertiary alicyclic amines) is 1. The van der Waals surface area contributed by atoms with Crippen LogP contribution in [0.2, 0.25) is 0 Å². The highest BCUT2D eigenvalue weighted by atomic mass is 16.5. The summed E-state index contributed by atoms with van der Waals surface area (Å²) in [6, 6.07) is 8.13. The van der Waals surface area contributed by atoms with Crippen LogP contribution in [0, 0.1) is 5.92 Å². The van der Waals surface area contributed by atoms with E-state index in [1.807, 2.05) is 36.9 Å². The molecule has 1 aliphatic heterocycles. The summed E-state index contributed by atoms with van der Waals surface area (Å²) >= 11 is 0. The van der Waals surface area contributed by atoms with Gasteiger partial charge in [0.25, 0.3) is 0 Å². The van der Waals surface area contributed by atoms with Crippen LogP contribution in [-0.4, -0.2) is 43.7 Å². The molecule has 0 aromatic heterocycles. The van der Waals surface area contributed by atoms with Crippen molar-refractivity contribution in [2.75, 3.05) is 26.8 Å². The normalized spacial score (nSPS) is 18.6. The topological polar surface area (TPSA) is 38.8 Å². The first-order valence-electron chi connectivity index (χ1n) is 7.61. The molecule has 1 saturated heterocycles. The fraction of sp³-hybridized carbons (Fsp3) is 0.588. The smallest absolute Gasteiger partial charge is 0.223 e. The first kappa shape index (κ1) is 15.8. The van der Waals surface area contributed by atoms with Crippen molar-refractivity contribution in [1.29, 1.82) is 0 Å². The summed E-state index contributed by atoms with van der Waals surface area (Å²) < 4.78 is 10.9. The Morgan fingerprint density at radius 1 is 1.33 bits per heavy atom. The molecule has 1 aromatic carbocycles. The third-order valence-electron chi connectivity index (χ3n) is 3.70. The number of carbonyl (C=O) groups excluding carboxylic acids is 1. The molecule has 1 amide bonds. The summed E-state index contributed by atoms with van der Waals surface area (Å²) in [6.07, 6.45) is 1.67. The molecule has 1 aromatic rings. The molecule has 116 valence electrons. The van der Waals surface area contributed by atoms with Gasteiger partial charge in [-0.15, -0.1) is 0 Å². The largest absolute Gasteiger partial charge is 0.491 e. The first-order valence-corrected chi connectivity index (χ1v) is 7.61. The van der Waals surface area contributed by atoms with E-state index in [9.17, 15) is 4.79 Å². The van der Waals surface area contributed by atoms with Crippen molar-refractivity contribution in [1.82, 2.24) is 4.90 Å². The number of hydrogen-bond acceptors (Lipinski definition) is 3. The van der Waals surface area contributed by atoms with Crippen LogP contribution < -0.4 is 4.74 Å². The van der Waals surface area contributed by atoms with Crippen LogP contribution in [0.5, 0.6) is 5.75 Å². The van der Waals surface area contributed by atoms with E-state index in [1.54, 1.807) is 7.11 Å². The van der Waals surface area contributed by atoms with Gasteiger partial charge in [-0.1, -0.05) is 18.2 Å². The van der Waals surface area contributed by atoms with E-state index in [0.29, 0.717) is 25.5 Å². The zero-order chi connectivity index (χ0) is 15.2. The van der Waals surface area contributed by atoms with E-state index in [0.717, 1.165) is 18.7 Å². The van der Waals surface area contributed by atoms with E-state index >= 15 is 0 Å². The quantitative estimate of drug-likeness (QED) is 0.775. The lowest BCUT2D eigenvalue weighted by atomic mass is 9.98. The van der Waals surface area contributed by atoms with Crippen molar-refractivity contribution in [2.24, 2.45) is 5.92 Å². The van der Waals surface area contributed by atoms with E-state index < -0.39 is 0 Å². The second kappa shape index (κ2) is 7.46. The van der Waals surface area contributed by atoms with E-state index in [-0.39, 0.29) is 12.0 Å². The Bertz CT molecular complexity index is 473. The molecule has 1 aliphatic rings. The molecular weight excluding hydrogens is 266 g/mol. The summed E-state index contributed by atoms with van der Waals surface area (Å²) in [7, 11) is 1.66. The number of rotatable bonds is 7. The van der Waals surface area contributed by atoms with Crippen LogP contribution >= 0.6 is 0 Å². The summed E-state index contributed by atoms with van der Waals surface area (Å²) in [5.74, 6) is 1.54. The molecule has 0 N–H and O–H groups in total. The van der Waals surface area contributed by atoms with Gasteiger partial charge in [0.15, 0.2) is 0 Å². The van der Waals surface area contributed by atoms with Crippen molar-refractivity contribution in [3.05, 3.63) is 29.8 Å². The molecule has 0 radical (unpaired) electrons. The Morgan fingerprint density at radius 3 is 2.81 bits per heavy atom. The van der Waals surface area contributed by atoms with Gasteiger partial charge in [-0.25, -0.2) is 0 Å². The minimum Gasteiger partial charge on any atom is -0.491 e. The molecular formula is C17H25NO3. The van der Waals surface area contributed by atoms with Gasteiger partial charge < -0.3 is 14.4 Å². The average Bonchev–Trinajstić information content (AvgIpc) is 2.78. The SMILES string of the molecule is COCCN1C[C@@H](Cc2ccccc2OC(C)C)CC1=O. The van der Waals surface area contributed by atoms with Gasteiger partial charge in [-0.2, -0.15) is 0 Å². The lowest BCUT2D eigenvalue weighted by Crippen LogP contribution is -2.28. The Hall–Kier alpha value is -1.55. The standard InChI is InChI=1S/C17H25NO3/c1-13(2)21-16-7-5-4-6-15(16)10-14-11-17(19)18(12-14)8-9-20-3/h4-7,13-14H,8-12H2,1-3H3/t14-/m0/s1. The maximum Gasteiger partial charge on any atom is 0.223 e. The second-order valence-corrected chi connectivity index (χ2v) is 5.88. The Labute approximate surface area is 127 Å². The summed E-state index contributed by atoms with van der Waals surface area (Å²) in [6.45, 7) is 6.17. The maximum absolute atomic E-state index is 12.0. The van der Waals surface area contributed by atoms with Crippen molar-refractivity contribution in [2.45, 2.75) is 32.8 Å². The molecule has 1 heterocycles. The van der Waals surface area contributed by atoms with Gasteiger partial charge in [0.2, 0.25) is 5.91 Å². The zero-order valence-corrected chi connectivity index (χ0v) is 13.2. The predicted molar refractivity (Wildman–Crippen MR) is 82.5 cm³/mol. The van der Waals surface area contributed by atoms with Crippen LogP contribution in [0.1, 0.15) is 25.8 Å². The van der Waals surface area contributed by atoms with Crippen molar-refractivity contribution in [3.8, 4) is 5.75 Å². The highest BCUT2D eigenvalue weighted by molar-refractivity contribution is 5.78. The molecule has 1 fully saturated rings. The second-order valence-electron chi connectivity index (χ2n) is 5.88. The van der Waals surface area contributed by atoms with Gasteiger partial charge in [-0.3, -0.25) is 4.79 Å². The van der Waals surface area contributed by atoms with E-state index in [4.69, 9.17) is 9.47 Å². The molecule has 4 nitrogen and oxygen atoms in total. The monoisotopic (exact) mass is 291 g/mol. The lowest BCUT2D eigenvalue weighted by molar-refractivity contribution is -0.128. The van der Waals surface area contributed by atoms with Crippen molar-refractivity contribution in [3.63, 3.8) is 0 Å².